The van der Waals surface area contributed by atoms with Crippen molar-refractivity contribution in [1.29, 1.82) is 0 Å². The summed E-state index contributed by atoms with van der Waals surface area (Å²) in [7, 11) is 0. The van der Waals surface area contributed by atoms with E-state index in [1.165, 1.54) is 0 Å². The van der Waals surface area contributed by atoms with Crippen molar-refractivity contribution in [2.24, 2.45) is 16.3 Å². The molecule has 0 radical (unpaired) electrons. The van der Waals surface area contributed by atoms with Gasteiger partial charge in [0.25, 0.3) is 0 Å². The van der Waals surface area contributed by atoms with Gasteiger partial charge in [0.1, 0.15) is 5.84 Å². The number of rotatable bonds is 5. The normalized spacial score (nSPS) is 14.3. The monoisotopic (exact) mass is 216 g/mol. The van der Waals surface area contributed by atoms with Crippen LogP contribution in [0.5, 0.6) is 0 Å². The first-order valence-corrected chi connectivity index (χ1v) is 5.31. The number of nitrogens with zero attached hydrogens (tertiary/aromatic N) is 1. The van der Waals surface area contributed by atoms with Gasteiger partial charge in [0.15, 0.2) is 0 Å². The Morgan fingerprint density at radius 2 is 1.80 bits per heavy atom. The van der Waals surface area contributed by atoms with E-state index in [4.69, 9.17) is 15.7 Å². The fourth-order valence-electron chi connectivity index (χ4n) is 1.16. The third kappa shape index (κ3) is 6.33. The maximum Gasteiger partial charge on any atom is 0.144 e. The molecule has 0 saturated heterocycles. The van der Waals surface area contributed by atoms with Gasteiger partial charge in [-0.15, -0.1) is 0 Å². The highest BCUT2D eigenvalue weighted by Crippen LogP contribution is 2.22. The maximum atomic E-state index is 8.59. The minimum absolute atomic E-state index is 0.0965. The fraction of sp³-hybridized carbons (Fsp3) is 0.909. The fourth-order valence-corrected chi connectivity index (χ4v) is 1.16. The summed E-state index contributed by atoms with van der Waals surface area (Å²) in [5, 5.41) is 11.6. The molecule has 0 aliphatic carbocycles. The van der Waals surface area contributed by atoms with Crippen LogP contribution >= 0.6 is 0 Å². The first-order chi connectivity index (χ1) is 6.69. The zero-order chi connectivity index (χ0) is 12.1. The van der Waals surface area contributed by atoms with Gasteiger partial charge in [0.05, 0.1) is 5.60 Å². The highest BCUT2D eigenvalue weighted by Gasteiger charge is 2.23. The Bertz CT molecular complexity index is 217. The van der Waals surface area contributed by atoms with Gasteiger partial charge in [0, 0.05) is 12.0 Å². The number of hydrogen-bond donors (Lipinski definition) is 2. The van der Waals surface area contributed by atoms with Crippen molar-refractivity contribution in [2.75, 3.05) is 6.61 Å². The van der Waals surface area contributed by atoms with Crippen molar-refractivity contribution < 1.29 is 9.94 Å². The second-order valence-corrected chi connectivity index (χ2v) is 5.43. The van der Waals surface area contributed by atoms with Crippen LogP contribution in [0.2, 0.25) is 0 Å². The standard InChI is InChI=1S/C11H24N2O2/c1-10(2,3)15-8-6-7-11(4,5)9(12)13-14/h14H,6-8H2,1-5H3,(H2,12,13). The summed E-state index contributed by atoms with van der Waals surface area (Å²) in [6.07, 6.45) is 1.75. The molecule has 0 aliphatic rings. The molecule has 0 bridgehead atoms. The number of amidine groups is 1. The van der Waals surface area contributed by atoms with E-state index in [0.29, 0.717) is 6.61 Å². The SMILES string of the molecule is CC(C)(C)OCCCC(C)(C)C(N)=NO. The van der Waals surface area contributed by atoms with Gasteiger partial charge in [-0.1, -0.05) is 19.0 Å². The third-order valence-electron chi connectivity index (χ3n) is 2.28. The summed E-state index contributed by atoms with van der Waals surface area (Å²) in [5.74, 6) is 0.276. The predicted molar refractivity (Wildman–Crippen MR) is 62.1 cm³/mol. The molecule has 3 N–H and O–H groups in total. The average molecular weight is 216 g/mol. The van der Waals surface area contributed by atoms with Gasteiger partial charge in [-0.25, -0.2) is 0 Å². The molecule has 15 heavy (non-hydrogen) atoms. The second-order valence-electron chi connectivity index (χ2n) is 5.43. The Morgan fingerprint density at radius 3 is 2.20 bits per heavy atom. The Labute approximate surface area is 92.5 Å². The van der Waals surface area contributed by atoms with Crippen LogP contribution in [0, 0.1) is 5.41 Å². The number of oxime groups is 1. The first-order valence-electron chi connectivity index (χ1n) is 5.31. The first kappa shape index (κ1) is 14.2. The molecule has 0 heterocycles. The summed E-state index contributed by atoms with van der Waals surface area (Å²) in [6.45, 7) is 10.7. The molecule has 0 fully saturated rings. The summed E-state index contributed by atoms with van der Waals surface area (Å²) in [6, 6.07) is 0. The molecule has 0 unspecified atom stereocenters. The Morgan fingerprint density at radius 1 is 1.27 bits per heavy atom. The lowest BCUT2D eigenvalue weighted by Crippen LogP contribution is -2.32. The molecule has 0 aromatic rings. The van der Waals surface area contributed by atoms with Gasteiger partial charge < -0.3 is 15.7 Å². The lowest BCUT2D eigenvalue weighted by Gasteiger charge is -2.24. The van der Waals surface area contributed by atoms with Crippen LogP contribution in [0.1, 0.15) is 47.5 Å². The molecule has 0 rings (SSSR count). The average Bonchev–Trinajstić information content (AvgIpc) is 2.09. The number of hydrogen-bond acceptors (Lipinski definition) is 3. The molecule has 0 amide bonds. The predicted octanol–water partition coefficient (Wildman–Crippen LogP) is 2.35. The smallest absolute Gasteiger partial charge is 0.144 e. The van der Waals surface area contributed by atoms with E-state index in [9.17, 15) is 0 Å². The van der Waals surface area contributed by atoms with E-state index in [1.807, 2.05) is 34.6 Å². The van der Waals surface area contributed by atoms with E-state index >= 15 is 0 Å². The van der Waals surface area contributed by atoms with Crippen LogP contribution in [0.15, 0.2) is 5.16 Å². The molecule has 4 heteroatoms. The van der Waals surface area contributed by atoms with Crippen LogP contribution < -0.4 is 5.73 Å². The highest BCUT2D eigenvalue weighted by molar-refractivity contribution is 5.85. The Kier molecular flexibility index (Phi) is 5.08. The van der Waals surface area contributed by atoms with Crippen LogP contribution in [0.3, 0.4) is 0 Å². The zero-order valence-corrected chi connectivity index (χ0v) is 10.5. The van der Waals surface area contributed by atoms with E-state index < -0.39 is 0 Å². The molecule has 0 spiro atoms. The van der Waals surface area contributed by atoms with Crippen molar-refractivity contribution in [3.8, 4) is 0 Å². The molecule has 0 aromatic carbocycles. The van der Waals surface area contributed by atoms with Gasteiger partial charge in [-0.2, -0.15) is 0 Å². The highest BCUT2D eigenvalue weighted by atomic mass is 16.5. The number of nitrogens with two attached hydrogens (primary N) is 1. The summed E-state index contributed by atoms with van der Waals surface area (Å²) in [5.41, 5.74) is 5.21. The van der Waals surface area contributed by atoms with E-state index in [0.717, 1.165) is 12.8 Å². The Balaban J connectivity index is 3.87. The van der Waals surface area contributed by atoms with Crippen molar-refractivity contribution in [2.45, 2.75) is 53.1 Å². The zero-order valence-electron chi connectivity index (χ0n) is 10.5. The molecule has 90 valence electrons. The topological polar surface area (TPSA) is 67.8 Å². The Hall–Kier alpha value is -0.770. The van der Waals surface area contributed by atoms with E-state index in [1.54, 1.807) is 0 Å². The lowest BCUT2D eigenvalue weighted by atomic mass is 9.87. The number of ether oxygens (including phenoxy) is 1. The molecular formula is C11H24N2O2. The minimum Gasteiger partial charge on any atom is -0.409 e. The van der Waals surface area contributed by atoms with Gasteiger partial charge >= 0.3 is 0 Å². The van der Waals surface area contributed by atoms with E-state index in [2.05, 4.69) is 5.16 Å². The summed E-state index contributed by atoms with van der Waals surface area (Å²) >= 11 is 0. The van der Waals surface area contributed by atoms with Gasteiger partial charge in [-0.3, -0.25) is 0 Å². The minimum atomic E-state index is -0.268. The van der Waals surface area contributed by atoms with Crippen LogP contribution in [-0.4, -0.2) is 23.3 Å². The second kappa shape index (κ2) is 5.35. The molecule has 4 nitrogen and oxygen atoms in total. The molecular weight excluding hydrogens is 192 g/mol. The van der Waals surface area contributed by atoms with E-state index in [-0.39, 0.29) is 16.9 Å². The van der Waals surface area contributed by atoms with Crippen LogP contribution in [0.25, 0.3) is 0 Å². The van der Waals surface area contributed by atoms with Gasteiger partial charge in [0.2, 0.25) is 0 Å². The lowest BCUT2D eigenvalue weighted by molar-refractivity contribution is -0.00636. The third-order valence-corrected chi connectivity index (χ3v) is 2.28. The van der Waals surface area contributed by atoms with Crippen molar-refractivity contribution in [1.82, 2.24) is 0 Å². The molecule has 0 aliphatic heterocycles. The maximum absolute atomic E-state index is 8.59. The van der Waals surface area contributed by atoms with Crippen LogP contribution in [0.4, 0.5) is 0 Å². The molecule has 0 saturated carbocycles. The summed E-state index contributed by atoms with van der Waals surface area (Å²) in [4.78, 5) is 0. The van der Waals surface area contributed by atoms with Crippen molar-refractivity contribution >= 4 is 5.84 Å². The van der Waals surface area contributed by atoms with Gasteiger partial charge in [-0.05, 0) is 33.6 Å². The quantitative estimate of drug-likeness (QED) is 0.244. The molecule has 0 aromatic heterocycles. The summed E-state index contributed by atoms with van der Waals surface area (Å²) < 4.78 is 5.59. The molecule has 0 atom stereocenters. The van der Waals surface area contributed by atoms with Crippen molar-refractivity contribution in [3.05, 3.63) is 0 Å². The largest absolute Gasteiger partial charge is 0.409 e. The van der Waals surface area contributed by atoms with Crippen molar-refractivity contribution in [3.63, 3.8) is 0 Å². The van der Waals surface area contributed by atoms with Crippen LogP contribution in [-0.2, 0) is 4.74 Å².